The second kappa shape index (κ2) is 27.3. The van der Waals surface area contributed by atoms with Crippen molar-refractivity contribution in [1.82, 2.24) is 19.8 Å². The fraction of sp³-hybridized carbons (Fsp3) is 0.474. The van der Waals surface area contributed by atoms with E-state index in [4.69, 9.17) is 28.9 Å². The Hall–Kier alpha value is -4.34. The van der Waals surface area contributed by atoms with Crippen LogP contribution in [0.5, 0.6) is 5.75 Å². The third-order valence-electron chi connectivity index (χ3n) is 7.79. The molecule has 15 nitrogen and oxygen atoms in total. The van der Waals surface area contributed by atoms with E-state index in [1.165, 1.54) is 12.1 Å². The smallest absolute Gasteiger partial charge is 0.354 e. The van der Waals surface area contributed by atoms with Gasteiger partial charge < -0.3 is 33.9 Å². The Morgan fingerprint density at radius 3 is 1.85 bits per heavy atom. The number of nitrogens with zero attached hydrogens (tertiary/aromatic N) is 6. The number of hydrogen-bond donors (Lipinski definition) is 2. The summed E-state index contributed by atoms with van der Waals surface area (Å²) in [5, 5.41) is 32.1. The molecule has 4 rings (SSSR count). The number of thiocyanates is 1. The van der Waals surface area contributed by atoms with Crippen molar-refractivity contribution in [1.29, 1.82) is 5.26 Å². The summed E-state index contributed by atoms with van der Waals surface area (Å²) in [4.78, 5) is 40.4. The van der Waals surface area contributed by atoms with E-state index < -0.39 is 11.9 Å². The van der Waals surface area contributed by atoms with Crippen molar-refractivity contribution in [2.45, 2.75) is 31.3 Å². The van der Waals surface area contributed by atoms with Gasteiger partial charge in [0, 0.05) is 69.3 Å². The second-order valence-corrected chi connectivity index (χ2v) is 12.8. The molecule has 2 aromatic heterocycles. The number of thiocarbonyl (C=S) groups is 1. The van der Waals surface area contributed by atoms with Gasteiger partial charge >= 0.3 is 11.9 Å². The molecule has 0 atom stereocenters. The third-order valence-corrected chi connectivity index (χ3v) is 8.52. The van der Waals surface area contributed by atoms with E-state index in [0.29, 0.717) is 122 Å². The number of aromatic carboxylic acids is 2. The number of hydrogen-bond acceptors (Lipinski definition) is 15. The Morgan fingerprint density at radius 1 is 0.818 bits per heavy atom. The number of pyridine rings is 2. The fourth-order valence-corrected chi connectivity index (χ4v) is 5.57. The SMILES string of the molecule is CCN=C=S.N#CSc1ccc(CCOc2cc(CN3CCOCCOCCN(Cc4cccc(C(=O)O)n4)CCOCCOCC3)nc(C(=O)O)c2)cc1. The zero-order valence-corrected chi connectivity index (χ0v) is 32.6. The van der Waals surface area contributed by atoms with Crippen LogP contribution in [0.25, 0.3) is 0 Å². The summed E-state index contributed by atoms with van der Waals surface area (Å²) in [6, 6.07) is 15.8. The summed E-state index contributed by atoms with van der Waals surface area (Å²) in [5.41, 5.74) is 2.17. The number of isothiocyanates is 1. The summed E-state index contributed by atoms with van der Waals surface area (Å²) >= 11 is 5.34. The van der Waals surface area contributed by atoms with Gasteiger partial charge in [-0.25, -0.2) is 24.5 Å². The van der Waals surface area contributed by atoms with Crippen LogP contribution in [0.3, 0.4) is 0 Å². The zero-order valence-electron chi connectivity index (χ0n) is 31.0. The van der Waals surface area contributed by atoms with E-state index in [9.17, 15) is 19.8 Å². The molecule has 1 saturated heterocycles. The number of nitriles is 1. The Balaban J connectivity index is 0.00000152. The van der Waals surface area contributed by atoms with Gasteiger partial charge in [0.15, 0.2) is 5.69 Å². The number of aromatic nitrogens is 2. The molecular formula is C38H48N6O9S2. The Morgan fingerprint density at radius 2 is 1.36 bits per heavy atom. The number of carbonyl (C=O) groups is 2. The van der Waals surface area contributed by atoms with Crippen LogP contribution in [0.2, 0.25) is 0 Å². The standard InChI is InChI=1S/C35H43N5O9S.C3H5NS/c36-26-50-31-6-4-27(5-7-31)8-13-49-30-22-29(38-33(23-30)35(43)44)25-40-11-16-47-20-18-45-14-9-39(10-15-46-19-21-48-17-12-40)24-28-2-1-3-32(37-28)34(41)42;1-2-4-3-5/h1-7,22-23H,8-21,24-25H2,(H,41,42)(H,43,44);2H2,1H3. The summed E-state index contributed by atoms with van der Waals surface area (Å²) in [7, 11) is 0. The molecule has 1 aliphatic heterocycles. The van der Waals surface area contributed by atoms with Gasteiger partial charge in [-0.2, -0.15) is 5.26 Å². The molecule has 0 amide bonds. The molecular weight excluding hydrogens is 749 g/mol. The van der Waals surface area contributed by atoms with Crippen molar-refractivity contribution in [3.63, 3.8) is 0 Å². The lowest BCUT2D eigenvalue weighted by atomic mass is 10.2. The Kier molecular flexibility index (Phi) is 22.3. The maximum Gasteiger partial charge on any atom is 0.354 e. The van der Waals surface area contributed by atoms with Crippen LogP contribution in [0, 0.1) is 10.7 Å². The number of carboxylic acids is 2. The lowest BCUT2D eigenvalue weighted by Gasteiger charge is -2.23. The van der Waals surface area contributed by atoms with E-state index in [1.807, 2.05) is 31.2 Å². The molecule has 1 aliphatic rings. The van der Waals surface area contributed by atoms with Crippen LogP contribution in [0.4, 0.5) is 0 Å². The van der Waals surface area contributed by atoms with Crippen molar-refractivity contribution in [2.24, 2.45) is 4.99 Å². The van der Waals surface area contributed by atoms with Crippen molar-refractivity contribution >= 4 is 41.1 Å². The second-order valence-electron chi connectivity index (χ2n) is 11.8. The van der Waals surface area contributed by atoms with Crippen LogP contribution >= 0.6 is 24.0 Å². The Bertz CT molecular complexity index is 1670. The zero-order chi connectivity index (χ0) is 39.5. The van der Waals surface area contributed by atoms with Gasteiger partial charge in [-0.1, -0.05) is 18.2 Å². The maximum absolute atomic E-state index is 11.9. The lowest BCUT2D eigenvalue weighted by Crippen LogP contribution is -2.33. The molecule has 0 aliphatic carbocycles. The monoisotopic (exact) mass is 796 g/mol. The summed E-state index contributed by atoms with van der Waals surface area (Å²) < 4.78 is 29.3. The van der Waals surface area contributed by atoms with Gasteiger partial charge in [0.2, 0.25) is 0 Å². The summed E-state index contributed by atoms with van der Waals surface area (Å²) in [6.07, 6.45) is 0.616. The van der Waals surface area contributed by atoms with E-state index in [2.05, 4.69) is 47.5 Å². The van der Waals surface area contributed by atoms with E-state index >= 15 is 0 Å². The first-order chi connectivity index (χ1) is 26.8. The number of thioether (sulfide) groups is 1. The highest BCUT2D eigenvalue weighted by atomic mass is 32.2. The fourth-order valence-electron chi connectivity index (χ4n) is 5.07. The number of aliphatic imine (C=N–C) groups is 1. The highest BCUT2D eigenvalue weighted by molar-refractivity contribution is 8.03. The minimum atomic E-state index is -1.14. The number of benzene rings is 1. The normalized spacial score (nSPS) is 15.5. The van der Waals surface area contributed by atoms with Crippen LogP contribution in [0.15, 0.2) is 64.5 Å². The summed E-state index contributed by atoms with van der Waals surface area (Å²) in [6.45, 7) is 9.59. The van der Waals surface area contributed by atoms with Gasteiger partial charge in [-0.05, 0) is 60.7 Å². The Labute approximate surface area is 331 Å². The molecule has 17 heteroatoms. The van der Waals surface area contributed by atoms with Gasteiger partial charge in [0.25, 0.3) is 0 Å². The first-order valence-electron chi connectivity index (χ1n) is 17.8. The lowest BCUT2D eigenvalue weighted by molar-refractivity contribution is 0.00596. The highest BCUT2D eigenvalue weighted by Crippen LogP contribution is 2.19. The maximum atomic E-state index is 11.9. The number of ether oxygens (including phenoxy) is 5. The van der Waals surface area contributed by atoms with Gasteiger partial charge in [-0.3, -0.25) is 9.80 Å². The van der Waals surface area contributed by atoms with Gasteiger partial charge in [0.1, 0.15) is 16.8 Å². The minimum Gasteiger partial charge on any atom is -0.493 e. The van der Waals surface area contributed by atoms with Crippen molar-refractivity contribution < 1.29 is 43.5 Å². The number of carboxylic acid groups (broad SMARTS) is 2. The molecule has 3 heterocycles. The molecule has 0 radical (unpaired) electrons. The topological polar surface area (TPSA) is 189 Å². The van der Waals surface area contributed by atoms with Gasteiger partial charge in [0.05, 0.1) is 76.0 Å². The van der Waals surface area contributed by atoms with E-state index in [1.54, 1.807) is 18.2 Å². The predicted molar refractivity (Wildman–Crippen MR) is 209 cm³/mol. The first-order valence-corrected chi connectivity index (χ1v) is 19.0. The molecule has 0 saturated carbocycles. The molecule has 0 spiro atoms. The minimum absolute atomic E-state index is 0.00991. The van der Waals surface area contributed by atoms with Crippen LogP contribution in [-0.2, 0) is 38.5 Å². The van der Waals surface area contributed by atoms with Crippen molar-refractivity contribution in [3.8, 4) is 11.2 Å². The van der Waals surface area contributed by atoms with Crippen LogP contribution < -0.4 is 4.74 Å². The van der Waals surface area contributed by atoms with Crippen LogP contribution in [0.1, 0.15) is 44.9 Å². The number of rotatable bonds is 12. The van der Waals surface area contributed by atoms with Crippen LogP contribution in [-0.4, -0.2) is 139 Å². The largest absolute Gasteiger partial charge is 0.493 e. The highest BCUT2D eigenvalue weighted by Gasteiger charge is 2.15. The quantitative estimate of drug-likeness (QED) is 0.112. The molecule has 0 unspecified atom stereocenters. The van der Waals surface area contributed by atoms with E-state index in [-0.39, 0.29) is 11.4 Å². The molecule has 1 aromatic carbocycles. The molecule has 296 valence electrons. The van der Waals surface area contributed by atoms with Gasteiger partial charge in [-0.15, -0.1) is 0 Å². The molecule has 55 heavy (non-hydrogen) atoms. The molecule has 2 N–H and O–H groups in total. The average Bonchev–Trinajstić information content (AvgIpc) is 3.17. The van der Waals surface area contributed by atoms with Crippen molar-refractivity contribution in [3.05, 3.63) is 82.9 Å². The van der Waals surface area contributed by atoms with E-state index in [0.717, 1.165) is 28.8 Å². The molecule has 0 bridgehead atoms. The average molecular weight is 797 g/mol. The molecule has 3 aromatic rings. The summed E-state index contributed by atoms with van der Waals surface area (Å²) in [5.74, 6) is -1.77. The third kappa shape index (κ3) is 19.2. The molecule has 1 fully saturated rings. The predicted octanol–water partition coefficient (Wildman–Crippen LogP) is 4.56. The first kappa shape index (κ1) is 45.1. The van der Waals surface area contributed by atoms with Crippen molar-refractivity contribution in [2.75, 3.05) is 92.2 Å².